The molecule has 1 aromatic carbocycles. The van der Waals surface area contributed by atoms with Crippen molar-refractivity contribution in [3.63, 3.8) is 0 Å². The normalized spacial score (nSPS) is 13.7. The van der Waals surface area contributed by atoms with Gasteiger partial charge < -0.3 is 15.8 Å². The molecule has 0 spiro atoms. The fourth-order valence-electron chi connectivity index (χ4n) is 1.84. The molecule has 0 radical (unpaired) electrons. The molecule has 19 heavy (non-hydrogen) atoms. The molecule has 0 saturated carbocycles. The molecule has 0 saturated heterocycles. The molecule has 2 atom stereocenters. The molecule has 0 bridgehead atoms. The monoisotopic (exact) mass is 264 g/mol. The molecular weight excluding hydrogens is 240 g/mol. The topological polar surface area (TPSA) is 64.3 Å². The lowest BCUT2D eigenvalue weighted by Crippen LogP contribution is -2.41. The molecule has 0 aliphatic carbocycles. The maximum atomic E-state index is 11.9. The first kappa shape index (κ1) is 15.3. The number of nitrogen functional groups attached to an aromatic ring is 1. The van der Waals surface area contributed by atoms with Crippen LogP contribution in [0.5, 0.6) is 5.75 Å². The Hall–Kier alpha value is -1.71. The maximum absolute atomic E-state index is 11.9. The van der Waals surface area contributed by atoms with E-state index >= 15 is 0 Å². The van der Waals surface area contributed by atoms with Gasteiger partial charge in [-0.1, -0.05) is 13.3 Å². The third-order valence-electron chi connectivity index (χ3n) is 3.03. The minimum Gasteiger partial charge on any atom is -0.481 e. The van der Waals surface area contributed by atoms with Gasteiger partial charge in [-0.25, -0.2) is 0 Å². The first-order chi connectivity index (χ1) is 8.93. The lowest BCUT2D eigenvalue weighted by Gasteiger charge is -2.18. The van der Waals surface area contributed by atoms with Crippen molar-refractivity contribution >= 4 is 11.6 Å². The van der Waals surface area contributed by atoms with Crippen LogP contribution in [0, 0.1) is 6.92 Å². The Bertz CT molecular complexity index is 432. The quantitative estimate of drug-likeness (QED) is 0.776. The summed E-state index contributed by atoms with van der Waals surface area (Å²) in [7, 11) is 0. The zero-order valence-electron chi connectivity index (χ0n) is 12.2. The van der Waals surface area contributed by atoms with Gasteiger partial charge in [0.15, 0.2) is 6.10 Å². The Morgan fingerprint density at radius 3 is 2.68 bits per heavy atom. The summed E-state index contributed by atoms with van der Waals surface area (Å²) in [5.41, 5.74) is 7.42. The van der Waals surface area contributed by atoms with Crippen LogP contribution >= 0.6 is 0 Å². The van der Waals surface area contributed by atoms with E-state index < -0.39 is 6.10 Å². The van der Waals surface area contributed by atoms with E-state index in [1.165, 1.54) is 0 Å². The highest BCUT2D eigenvalue weighted by Crippen LogP contribution is 2.19. The van der Waals surface area contributed by atoms with Crippen molar-refractivity contribution in [1.29, 1.82) is 0 Å². The Labute approximate surface area is 115 Å². The summed E-state index contributed by atoms with van der Waals surface area (Å²) in [6.07, 6.45) is 1.51. The summed E-state index contributed by atoms with van der Waals surface area (Å²) >= 11 is 0. The molecule has 4 heteroatoms. The van der Waals surface area contributed by atoms with Crippen molar-refractivity contribution in [2.45, 2.75) is 52.7 Å². The highest BCUT2D eigenvalue weighted by molar-refractivity contribution is 5.81. The number of carbonyl (C=O) groups excluding carboxylic acids is 1. The van der Waals surface area contributed by atoms with Crippen molar-refractivity contribution < 1.29 is 9.53 Å². The highest BCUT2D eigenvalue weighted by Gasteiger charge is 2.16. The first-order valence-corrected chi connectivity index (χ1v) is 6.77. The van der Waals surface area contributed by atoms with E-state index in [-0.39, 0.29) is 11.9 Å². The zero-order chi connectivity index (χ0) is 14.4. The standard InChI is InChI=1S/C15H24N2O2/c1-5-6-11(3)17-15(18)12(4)19-13-7-8-14(16)10(2)9-13/h7-9,11-12H,5-6,16H2,1-4H3,(H,17,18). The van der Waals surface area contributed by atoms with Crippen LogP contribution in [0.4, 0.5) is 5.69 Å². The predicted octanol–water partition coefficient (Wildman–Crippen LogP) is 2.65. The molecule has 106 valence electrons. The SMILES string of the molecule is CCCC(C)NC(=O)C(C)Oc1ccc(N)c(C)c1. The van der Waals surface area contributed by atoms with Crippen LogP contribution in [0.15, 0.2) is 18.2 Å². The van der Waals surface area contributed by atoms with Crippen LogP contribution < -0.4 is 15.8 Å². The third kappa shape index (κ3) is 4.81. The lowest BCUT2D eigenvalue weighted by atomic mass is 10.2. The molecule has 0 fully saturated rings. The largest absolute Gasteiger partial charge is 0.481 e. The Balaban J connectivity index is 2.56. The van der Waals surface area contributed by atoms with Crippen molar-refractivity contribution in [1.82, 2.24) is 5.32 Å². The number of carbonyl (C=O) groups is 1. The molecule has 0 aliphatic rings. The van der Waals surface area contributed by atoms with Crippen molar-refractivity contribution in [3.8, 4) is 5.75 Å². The van der Waals surface area contributed by atoms with E-state index in [1.54, 1.807) is 19.1 Å². The molecule has 0 aliphatic heterocycles. The van der Waals surface area contributed by atoms with Crippen molar-refractivity contribution in [2.75, 3.05) is 5.73 Å². The Morgan fingerprint density at radius 2 is 2.11 bits per heavy atom. The van der Waals surface area contributed by atoms with Gasteiger partial charge in [0, 0.05) is 11.7 Å². The number of anilines is 1. The highest BCUT2D eigenvalue weighted by atomic mass is 16.5. The van der Waals surface area contributed by atoms with Gasteiger partial charge in [-0.05, 0) is 51.0 Å². The number of rotatable bonds is 6. The smallest absolute Gasteiger partial charge is 0.260 e. The van der Waals surface area contributed by atoms with E-state index in [4.69, 9.17) is 10.5 Å². The second-order valence-corrected chi connectivity index (χ2v) is 4.98. The summed E-state index contributed by atoms with van der Waals surface area (Å²) in [4.78, 5) is 11.9. The number of ether oxygens (including phenoxy) is 1. The second-order valence-electron chi connectivity index (χ2n) is 4.98. The number of benzene rings is 1. The van der Waals surface area contributed by atoms with Gasteiger partial charge in [0.05, 0.1) is 0 Å². The average molecular weight is 264 g/mol. The van der Waals surface area contributed by atoms with Gasteiger partial charge in [-0.15, -0.1) is 0 Å². The predicted molar refractivity (Wildman–Crippen MR) is 78.2 cm³/mol. The van der Waals surface area contributed by atoms with Crippen molar-refractivity contribution in [3.05, 3.63) is 23.8 Å². The lowest BCUT2D eigenvalue weighted by molar-refractivity contribution is -0.127. The van der Waals surface area contributed by atoms with E-state index in [2.05, 4.69) is 12.2 Å². The molecule has 1 aromatic rings. The van der Waals surface area contributed by atoms with E-state index in [0.717, 1.165) is 24.1 Å². The summed E-state index contributed by atoms with van der Waals surface area (Å²) in [5.74, 6) is 0.577. The van der Waals surface area contributed by atoms with Crippen LogP contribution in [0.2, 0.25) is 0 Å². The summed E-state index contributed by atoms with van der Waals surface area (Å²) in [6.45, 7) is 7.76. The molecule has 3 N–H and O–H groups in total. The minimum absolute atomic E-state index is 0.0876. The second kappa shape index (κ2) is 7.02. The summed E-state index contributed by atoms with van der Waals surface area (Å²) in [6, 6.07) is 5.59. The van der Waals surface area contributed by atoms with Crippen LogP contribution in [-0.2, 0) is 4.79 Å². The molecule has 2 unspecified atom stereocenters. The number of nitrogens with two attached hydrogens (primary N) is 1. The third-order valence-corrected chi connectivity index (χ3v) is 3.03. The number of hydrogen-bond acceptors (Lipinski definition) is 3. The maximum Gasteiger partial charge on any atom is 0.260 e. The van der Waals surface area contributed by atoms with Crippen LogP contribution in [0.25, 0.3) is 0 Å². The molecular formula is C15H24N2O2. The minimum atomic E-state index is -0.512. The first-order valence-electron chi connectivity index (χ1n) is 6.77. The Morgan fingerprint density at radius 1 is 1.42 bits per heavy atom. The number of amides is 1. The average Bonchev–Trinajstić information content (AvgIpc) is 2.34. The summed E-state index contributed by atoms with van der Waals surface area (Å²) in [5, 5.41) is 2.94. The fourth-order valence-corrected chi connectivity index (χ4v) is 1.84. The van der Waals surface area contributed by atoms with Crippen LogP contribution in [0.1, 0.15) is 39.2 Å². The fraction of sp³-hybridized carbons (Fsp3) is 0.533. The van der Waals surface area contributed by atoms with Gasteiger partial charge in [0.25, 0.3) is 5.91 Å². The zero-order valence-corrected chi connectivity index (χ0v) is 12.2. The van der Waals surface area contributed by atoms with Crippen LogP contribution in [-0.4, -0.2) is 18.1 Å². The number of aryl methyl sites for hydroxylation is 1. The number of nitrogens with one attached hydrogen (secondary N) is 1. The van der Waals surface area contributed by atoms with Gasteiger partial charge in [0.2, 0.25) is 0 Å². The molecule has 4 nitrogen and oxygen atoms in total. The van der Waals surface area contributed by atoms with Gasteiger partial charge in [-0.2, -0.15) is 0 Å². The summed E-state index contributed by atoms with van der Waals surface area (Å²) < 4.78 is 5.62. The van der Waals surface area contributed by atoms with E-state index in [0.29, 0.717) is 5.75 Å². The van der Waals surface area contributed by atoms with Gasteiger partial charge in [-0.3, -0.25) is 4.79 Å². The van der Waals surface area contributed by atoms with E-state index in [9.17, 15) is 4.79 Å². The number of hydrogen-bond donors (Lipinski definition) is 2. The van der Waals surface area contributed by atoms with Crippen LogP contribution in [0.3, 0.4) is 0 Å². The molecule has 1 amide bonds. The van der Waals surface area contributed by atoms with E-state index in [1.807, 2.05) is 19.9 Å². The van der Waals surface area contributed by atoms with Crippen molar-refractivity contribution in [2.24, 2.45) is 0 Å². The van der Waals surface area contributed by atoms with Gasteiger partial charge >= 0.3 is 0 Å². The molecule has 1 rings (SSSR count). The molecule has 0 heterocycles. The van der Waals surface area contributed by atoms with Gasteiger partial charge in [0.1, 0.15) is 5.75 Å². The Kier molecular flexibility index (Phi) is 5.67. The molecule has 0 aromatic heterocycles.